The number of benzene rings is 3. The summed E-state index contributed by atoms with van der Waals surface area (Å²) in [6.45, 7) is 1.30. The van der Waals surface area contributed by atoms with Gasteiger partial charge in [0.2, 0.25) is 0 Å². The predicted octanol–water partition coefficient (Wildman–Crippen LogP) is 5.05. The van der Waals surface area contributed by atoms with E-state index in [1.165, 1.54) is 22.3 Å². The first-order valence-electron chi connectivity index (χ1n) is 8.66. The van der Waals surface area contributed by atoms with Gasteiger partial charge < -0.3 is 9.47 Å². The Morgan fingerprint density at radius 2 is 1.32 bits per heavy atom. The van der Waals surface area contributed by atoms with E-state index in [2.05, 4.69) is 54.6 Å². The fourth-order valence-corrected chi connectivity index (χ4v) is 2.85. The smallest absolute Gasteiger partial charge is 0.120 e. The molecule has 25 heavy (non-hydrogen) atoms. The molecule has 3 aromatic carbocycles. The van der Waals surface area contributed by atoms with Gasteiger partial charge in [-0.1, -0.05) is 66.7 Å². The zero-order valence-corrected chi connectivity index (χ0v) is 14.7. The van der Waals surface area contributed by atoms with Crippen molar-refractivity contribution in [2.75, 3.05) is 13.7 Å². The monoisotopic (exact) mass is 332 g/mol. The van der Waals surface area contributed by atoms with Gasteiger partial charge in [-0.2, -0.15) is 0 Å². The molecule has 0 heterocycles. The summed E-state index contributed by atoms with van der Waals surface area (Å²) in [7, 11) is 1.74. The highest BCUT2D eigenvalue weighted by molar-refractivity contribution is 5.37. The van der Waals surface area contributed by atoms with E-state index in [4.69, 9.17) is 9.47 Å². The number of hydrogen-bond donors (Lipinski definition) is 0. The van der Waals surface area contributed by atoms with E-state index >= 15 is 0 Å². The summed E-state index contributed by atoms with van der Waals surface area (Å²) in [5.74, 6) is 0.920. The van der Waals surface area contributed by atoms with Gasteiger partial charge in [-0.25, -0.2) is 0 Å². The number of hydrogen-bond acceptors (Lipinski definition) is 2. The van der Waals surface area contributed by atoms with Crippen molar-refractivity contribution in [1.82, 2.24) is 0 Å². The second kappa shape index (κ2) is 9.05. The average Bonchev–Trinajstić information content (AvgIpc) is 2.66. The lowest BCUT2D eigenvalue weighted by Crippen LogP contribution is -2.00. The summed E-state index contributed by atoms with van der Waals surface area (Å²) < 4.78 is 11.3. The van der Waals surface area contributed by atoms with Crippen molar-refractivity contribution in [3.63, 3.8) is 0 Å². The van der Waals surface area contributed by atoms with Gasteiger partial charge in [0.1, 0.15) is 12.4 Å². The second-order valence-corrected chi connectivity index (χ2v) is 6.16. The molecule has 3 rings (SSSR count). The molecule has 0 saturated carbocycles. The molecule has 0 spiro atoms. The number of ether oxygens (including phenoxy) is 2. The predicted molar refractivity (Wildman–Crippen MR) is 102 cm³/mol. The SMILES string of the molecule is COCCc1cc(Cc2ccccc2)cc(OCc2ccccc2)c1. The van der Waals surface area contributed by atoms with Crippen LogP contribution >= 0.6 is 0 Å². The van der Waals surface area contributed by atoms with E-state index in [1.54, 1.807) is 7.11 Å². The molecule has 0 amide bonds. The van der Waals surface area contributed by atoms with Crippen LogP contribution in [0.4, 0.5) is 0 Å². The highest BCUT2D eigenvalue weighted by atomic mass is 16.5. The molecule has 0 saturated heterocycles. The molecular formula is C23H24O2. The van der Waals surface area contributed by atoms with Crippen molar-refractivity contribution in [3.8, 4) is 5.75 Å². The summed E-state index contributed by atoms with van der Waals surface area (Å²) in [5, 5.41) is 0. The van der Waals surface area contributed by atoms with E-state index in [-0.39, 0.29) is 0 Å². The summed E-state index contributed by atoms with van der Waals surface area (Å²) in [6, 6.07) is 27.3. The topological polar surface area (TPSA) is 18.5 Å². The molecule has 2 nitrogen and oxygen atoms in total. The standard InChI is InChI=1S/C23H24O2/c1-24-13-12-21-15-22(14-19-8-4-2-5-9-19)17-23(16-21)25-18-20-10-6-3-7-11-20/h2-11,15-17H,12-14,18H2,1H3. The molecule has 0 aliphatic carbocycles. The molecule has 3 aromatic rings. The van der Waals surface area contributed by atoms with E-state index in [9.17, 15) is 0 Å². The lowest BCUT2D eigenvalue weighted by Gasteiger charge is -2.12. The first-order valence-corrected chi connectivity index (χ1v) is 8.66. The normalized spacial score (nSPS) is 10.6. The summed E-state index contributed by atoms with van der Waals surface area (Å²) >= 11 is 0. The molecule has 0 bridgehead atoms. The second-order valence-electron chi connectivity index (χ2n) is 6.16. The van der Waals surface area contributed by atoms with Gasteiger partial charge in [0.25, 0.3) is 0 Å². The van der Waals surface area contributed by atoms with Crippen LogP contribution in [0, 0.1) is 0 Å². The fourth-order valence-electron chi connectivity index (χ4n) is 2.85. The van der Waals surface area contributed by atoms with E-state index in [0.29, 0.717) is 13.2 Å². The minimum Gasteiger partial charge on any atom is -0.489 e. The lowest BCUT2D eigenvalue weighted by atomic mass is 10.0. The third kappa shape index (κ3) is 5.47. The van der Waals surface area contributed by atoms with Crippen LogP contribution < -0.4 is 4.74 Å². The van der Waals surface area contributed by atoms with Crippen LogP contribution in [0.1, 0.15) is 22.3 Å². The van der Waals surface area contributed by atoms with Crippen LogP contribution in [0.3, 0.4) is 0 Å². The minimum absolute atomic E-state index is 0.583. The third-order valence-corrected chi connectivity index (χ3v) is 4.12. The molecule has 0 aliphatic heterocycles. The Bertz CT molecular complexity index is 767. The zero-order chi connectivity index (χ0) is 17.3. The van der Waals surface area contributed by atoms with Gasteiger partial charge in [-0.05, 0) is 47.2 Å². The first-order chi connectivity index (χ1) is 12.3. The Kier molecular flexibility index (Phi) is 6.24. The Hall–Kier alpha value is -2.58. The van der Waals surface area contributed by atoms with Gasteiger partial charge in [0, 0.05) is 7.11 Å². The molecule has 0 unspecified atom stereocenters. The van der Waals surface area contributed by atoms with Crippen LogP contribution in [0.25, 0.3) is 0 Å². The van der Waals surface area contributed by atoms with Crippen molar-refractivity contribution in [1.29, 1.82) is 0 Å². The fraction of sp³-hybridized carbons (Fsp3) is 0.217. The highest BCUT2D eigenvalue weighted by Gasteiger charge is 2.05. The van der Waals surface area contributed by atoms with Gasteiger partial charge in [0.05, 0.1) is 6.61 Å². The van der Waals surface area contributed by atoms with Crippen molar-refractivity contribution in [2.45, 2.75) is 19.4 Å². The average molecular weight is 332 g/mol. The largest absolute Gasteiger partial charge is 0.489 e. The van der Waals surface area contributed by atoms with Gasteiger partial charge >= 0.3 is 0 Å². The van der Waals surface area contributed by atoms with Crippen LogP contribution in [-0.2, 0) is 24.2 Å². The number of rotatable bonds is 8. The molecule has 2 heteroatoms. The van der Waals surface area contributed by atoms with E-state index < -0.39 is 0 Å². The molecule has 0 atom stereocenters. The van der Waals surface area contributed by atoms with Crippen molar-refractivity contribution in [2.24, 2.45) is 0 Å². The molecule has 128 valence electrons. The first kappa shape index (κ1) is 17.2. The molecule has 0 aromatic heterocycles. The minimum atomic E-state index is 0.583. The third-order valence-electron chi connectivity index (χ3n) is 4.12. The Labute approximate surface area is 150 Å². The van der Waals surface area contributed by atoms with Crippen molar-refractivity contribution < 1.29 is 9.47 Å². The van der Waals surface area contributed by atoms with E-state index in [1.807, 2.05) is 24.3 Å². The maximum atomic E-state index is 6.05. The zero-order valence-electron chi connectivity index (χ0n) is 14.7. The van der Waals surface area contributed by atoms with Gasteiger partial charge in [0.15, 0.2) is 0 Å². The Morgan fingerprint density at radius 3 is 2.00 bits per heavy atom. The Morgan fingerprint density at radius 1 is 0.680 bits per heavy atom. The molecule has 0 fully saturated rings. The van der Waals surface area contributed by atoms with Crippen LogP contribution in [-0.4, -0.2) is 13.7 Å². The maximum absolute atomic E-state index is 6.05. The number of methoxy groups -OCH3 is 1. The van der Waals surface area contributed by atoms with E-state index in [0.717, 1.165) is 18.6 Å². The summed E-state index contributed by atoms with van der Waals surface area (Å²) in [6.07, 6.45) is 1.80. The molecule has 0 radical (unpaired) electrons. The summed E-state index contributed by atoms with van der Waals surface area (Å²) in [5.41, 5.74) is 5.00. The molecule has 0 aliphatic rings. The van der Waals surface area contributed by atoms with Crippen molar-refractivity contribution in [3.05, 3.63) is 101 Å². The Balaban J connectivity index is 1.77. The maximum Gasteiger partial charge on any atom is 0.120 e. The summed E-state index contributed by atoms with van der Waals surface area (Å²) in [4.78, 5) is 0. The van der Waals surface area contributed by atoms with Gasteiger partial charge in [-0.15, -0.1) is 0 Å². The van der Waals surface area contributed by atoms with Crippen molar-refractivity contribution >= 4 is 0 Å². The molecular weight excluding hydrogens is 308 g/mol. The lowest BCUT2D eigenvalue weighted by molar-refractivity contribution is 0.202. The van der Waals surface area contributed by atoms with Gasteiger partial charge in [-0.3, -0.25) is 0 Å². The quantitative estimate of drug-likeness (QED) is 0.575. The molecule has 0 N–H and O–H groups in total. The highest BCUT2D eigenvalue weighted by Crippen LogP contribution is 2.21. The van der Waals surface area contributed by atoms with Crippen LogP contribution in [0.5, 0.6) is 5.75 Å². The van der Waals surface area contributed by atoms with Crippen LogP contribution in [0.2, 0.25) is 0 Å². The van der Waals surface area contributed by atoms with Crippen LogP contribution in [0.15, 0.2) is 78.9 Å².